The third-order valence-corrected chi connectivity index (χ3v) is 6.68. The molecular weight excluding hydrogens is 390 g/mol. The topological polar surface area (TPSA) is 0 Å². The van der Waals surface area contributed by atoms with Crippen LogP contribution >= 0.6 is 61.8 Å². The molecule has 98 valence electrons. The van der Waals surface area contributed by atoms with Crippen molar-refractivity contribution in [3.63, 3.8) is 0 Å². The smallest absolute Gasteiger partial charge is 0.124 e. The van der Waals surface area contributed by atoms with Crippen molar-refractivity contribution in [1.82, 2.24) is 0 Å². The Kier molecular flexibility index (Phi) is 3.89. The van der Waals surface area contributed by atoms with Gasteiger partial charge in [0.05, 0.1) is 13.5 Å². The highest BCUT2D eigenvalue weighted by Gasteiger charge is 2.19. The fourth-order valence-electron chi connectivity index (χ4n) is 1.83. The van der Waals surface area contributed by atoms with Gasteiger partial charge < -0.3 is 0 Å². The van der Waals surface area contributed by atoms with Crippen molar-refractivity contribution in [3.8, 4) is 0 Å². The summed E-state index contributed by atoms with van der Waals surface area (Å²) < 4.78 is 15.5. The van der Waals surface area contributed by atoms with Gasteiger partial charge in [-0.25, -0.2) is 4.39 Å². The minimum atomic E-state index is -0.219. The molecule has 3 rings (SSSR count). The summed E-state index contributed by atoms with van der Waals surface area (Å²) in [7, 11) is 0. The first-order valence-electron chi connectivity index (χ1n) is 5.32. The molecule has 6 heteroatoms. The second-order valence-electron chi connectivity index (χ2n) is 3.97. The van der Waals surface area contributed by atoms with E-state index in [1.54, 1.807) is 23.5 Å². The van der Waals surface area contributed by atoms with E-state index in [-0.39, 0.29) is 10.6 Å². The largest absolute Gasteiger partial charge is 0.207 e. The van der Waals surface area contributed by atoms with Crippen molar-refractivity contribution >= 4 is 71.9 Å². The summed E-state index contributed by atoms with van der Waals surface area (Å²) in [6.45, 7) is 0. The zero-order chi connectivity index (χ0) is 13.6. The highest BCUT2D eigenvalue weighted by Crippen LogP contribution is 2.44. The van der Waals surface area contributed by atoms with Crippen molar-refractivity contribution in [3.05, 3.63) is 55.3 Å². The third kappa shape index (κ3) is 2.69. The fourth-order valence-corrected chi connectivity index (χ4v) is 5.51. The highest BCUT2D eigenvalue weighted by atomic mass is 79.9. The fraction of sp³-hybridized carbons (Fsp3) is 0.0769. The van der Waals surface area contributed by atoms with Crippen molar-refractivity contribution in [1.29, 1.82) is 0 Å². The van der Waals surface area contributed by atoms with E-state index in [1.807, 2.05) is 12.1 Å². The molecule has 0 spiro atoms. The Balaban J connectivity index is 2.06. The number of hydrogen-bond acceptors (Lipinski definition) is 2. The molecule has 19 heavy (non-hydrogen) atoms. The predicted molar refractivity (Wildman–Crippen MR) is 86.9 cm³/mol. The number of benzene rings is 1. The first kappa shape index (κ1) is 13.8. The lowest BCUT2D eigenvalue weighted by molar-refractivity contribution is 0.630. The van der Waals surface area contributed by atoms with Crippen molar-refractivity contribution < 1.29 is 4.39 Å². The van der Waals surface area contributed by atoms with E-state index in [0.29, 0.717) is 8.67 Å². The van der Waals surface area contributed by atoms with E-state index in [1.165, 1.54) is 17.4 Å². The van der Waals surface area contributed by atoms with Crippen LogP contribution in [0.2, 0.25) is 8.67 Å². The zero-order valence-electron chi connectivity index (χ0n) is 9.29. The van der Waals surface area contributed by atoms with Gasteiger partial charge in [-0.15, -0.1) is 22.7 Å². The van der Waals surface area contributed by atoms with Crippen LogP contribution in [0.4, 0.5) is 4.39 Å². The van der Waals surface area contributed by atoms with Crippen LogP contribution in [0, 0.1) is 5.82 Å². The van der Waals surface area contributed by atoms with Gasteiger partial charge >= 0.3 is 0 Å². The van der Waals surface area contributed by atoms with Crippen LogP contribution in [0.3, 0.4) is 0 Å². The zero-order valence-corrected chi connectivity index (χ0v) is 14.0. The van der Waals surface area contributed by atoms with Crippen LogP contribution in [-0.2, 0) is 0 Å². The highest BCUT2D eigenvalue weighted by molar-refractivity contribution is 9.09. The van der Waals surface area contributed by atoms with E-state index < -0.39 is 0 Å². The van der Waals surface area contributed by atoms with Gasteiger partial charge in [-0.2, -0.15) is 0 Å². The van der Waals surface area contributed by atoms with Crippen LogP contribution in [0.1, 0.15) is 15.3 Å². The molecule has 0 bridgehead atoms. The Morgan fingerprint density at radius 3 is 2.58 bits per heavy atom. The normalized spacial score (nSPS) is 13.1. The van der Waals surface area contributed by atoms with Crippen LogP contribution in [0.5, 0.6) is 0 Å². The van der Waals surface area contributed by atoms with Crippen LogP contribution < -0.4 is 0 Å². The Labute approximate surface area is 135 Å². The summed E-state index contributed by atoms with van der Waals surface area (Å²) in [5.74, 6) is -0.219. The van der Waals surface area contributed by atoms with E-state index >= 15 is 0 Å². The van der Waals surface area contributed by atoms with Gasteiger partial charge in [-0.1, -0.05) is 45.2 Å². The Morgan fingerprint density at radius 2 is 1.89 bits per heavy atom. The van der Waals surface area contributed by atoms with Gasteiger partial charge in [-0.3, -0.25) is 0 Å². The second kappa shape index (κ2) is 5.34. The molecule has 0 amide bonds. The quantitative estimate of drug-likeness (QED) is 0.414. The summed E-state index contributed by atoms with van der Waals surface area (Å²) in [5, 5.41) is 1.03. The van der Waals surface area contributed by atoms with Gasteiger partial charge in [-0.05, 0) is 29.7 Å². The van der Waals surface area contributed by atoms with E-state index in [9.17, 15) is 4.39 Å². The first-order chi connectivity index (χ1) is 9.04. The standard InChI is InChI=1S/C13H6BrCl2FS2/c14-12(8-5-11(15)19-13(8)16)10-3-6-1-2-7(17)4-9(6)18-10/h1-5,12H. The molecule has 0 aliphatic carbocycles. The lowest BCUT2D eigenvalue weighted by Crippen LogP contribution is -1.86. The van der Waals surface area contributed by atoms with Gasteiger partial charge in [0.25, 0.3) is 0 Å². The second-order valence-corrected chi connectivity index (χ2v) is 8.29. The van der Waals surface area contributed by atoms with E-state index in [4.69, 9.17) is 23.2 Å². The lowest BCUT2D eigenvalue weighted by Gasteiger charge is -2.05. The Bertz CT molecular complexity index is 750. The molecular formula is C13H6BrCl2FS2. The van der Waals surface area contributed by atoms with Crippen LogP contribution in [0.25, 0.3) is 10.1 Å². The van der Waals surface area contributed by atoms with E-state index in [2.05, 4.69) is 15.9 Å². The Hall–Kier alpha value is -0.130. The summed E-state index contributed by atoms with van der Waals surface area (Å²) in [6, 6.07) is 8.70. The average molecular weight is 396 g/mol. The molecule has 2 aromatic heterocycles. The molecule has 1 aromatic carbocycles. The summed E-state index contributed by atoms with van der Waals surface area (Å²) in [6.07, 6.45) is 0. The number of halogens is 4. The number of thiophene rings is 2. The lowest BCUT2D eigenvalue weighted by atomic mass is 10.2. The molecule has 1 unspecified atom stereocenters. The molecule has 0 nitrogen and oxygen atoms in total. The average Bonchev–Trinajstić information content (AvgIpc) is 2.91. The van der Waals surface area contributed by atoms with E-state index in [0.717, 1.165) is 20.5 Å². The molecule has 0 radical (unpaired) electrons. The number of alkyl halides is 1. The molecule has 0 saturated heterocycles. The molecule has 0 N–H and O–H groups in total. The number of hydrogen-bond donors (Lipinski definition) is 0. The maximum absolute atomic E-state index is 13.2. The minimum absolute atomic E-state index is 0.0239. The molecule has 0 saturated carbocycles. The minimum Gasteiger partial charge on any atom is -0.207 e. The van der Waals surface area contributed by atoms with Crippen molar-refractivity contribution in [2.75, 3.05) is 0 Å². The van der Waals surface area contributed by atoms with Gasteiger partial charge in [0, 0.05) is 15.1 Å². The Morgan fingerprint density at radius 1 is 1.11 bits per heavy atom. The summed E-state index contributed by atoms with van der Waals surface area (Å²) >= 11 is 18.7. The number of rotatable bonds is 2. The molecule has 0 aliphatic heterocycles. The molecule has 2 heterocycles. The van der Waals surface area contributed by atoms with Gasteiger partial charge in [0.2, 0.25) is 0 Å². The molecule has 3 aromatic rings. The van der Waals surface area contributed by atoms with Crippen molar-refractivity contribution in [2.45, 2.75) is 4.83 Å². The number of fused-ring (bicyclic) bond motifs is 1. The van der Waals surface area contributed by atoms with Crippen LogP contribution in [0.15, 0.2) is 30.3 Å². The molecule has 0 aliphatic rings. The summed E-state index contributed by atoms with van der Waals surface area (Å²) in [5.41, 5.74) is 0.948. The van der Waals surface area contributed by atoms with Crippen molar-refractivity contribution in [2.24, 2.45) is 0 Å². The maximum Gasteiger partial charge on any atom is 0.124 e. The van der Waals surface area contributed by atoms with Gasteiger partial charge in [0.1, 0.15) is 5.82 Å². The SMILES string of the molecule is Fc1ccc2cc(C(Br)c3cc(Cl)sc3Cl)sc2c1. The molecule has 1 atom stereocenters. The predicted octanol–water partition coefficient (Wildman–Crippen LogP) is 6.89. The first-order valence-corrected chi connectivity index (χ1v) is 8.63. The summed E-state index contributed by atoms with van der Waals surface area (Å²) in [4.78, 5) is 1.06. The monoisotopic (exact) mass is 394 g/mol. The van der Waals surface area contributed by atoms with Gasteiger partial charge in [0.15, 0.2) is 0 Å². The third-order valence-electron chi connectivity index (χ3n) is 2.71. The molecule has 0 fully saturated rings. The maximum atomic E-state index is 13.2. The van der Waals surface area contributed by atoms with Crippen LogP contribution in [-0.4, -0.2) is 0 Å².